The number of aliphatic hydroxyl groups is 1. The lowest BCUT2D eigenvalue weighted by atomic mass is 9.84. The summed E-state index contributed by atoms with van der Waals surface area (Å²) in [5, 5.41) is 14.0. The highest BCUT2D eigenvalue weighted by molar-refractivity contribution is 5.18. The van der Waals surface area contributed by atoms with Crippen LogP contribution in [0.3, 0.4) is 0 Å². The van der Waals surface area contributed by atoms with E-state index in [1.54, 1.807) is 0 Å². The number of halogens is 1. The van der Waals surface area contributed by atoms with E-state index in [0.29, 0.717) is 30.6 Å². The second kappa shape index (κ2) is 3.50. The van der Waals surface area contributed by atoms with Crippen molar-refractivity contribution in [1.29, 1.82) is 0 Å². The van der Waals surface area contributed by atoms with Crippen molar-refractivity contribution in [2.24, 2.45) is 0 Å². The maximum Gasteiger partial charge on any atom is 0.126 e. The Morgan fingerprint density at radius 3 is 2.69 bits per heavy atom. The molecule has 0 aliphatic carbocycles. The zero-order chi connectivity index (χ0) is 11.2. The molecule has 3 rings (SSSR count). The molecule has 2 fully saturated rings. The zero-order valence-corrected chi connectivity index (χ0v) is 8.99. The van der Waals surface area contributed by atoms with Crippen LogP contribution in [0.1, 0.15) is 31.4 Å². The van der Waals surface area contributed by atoms with Crippen LogP contribution >= 0.6 is 0 Å². The molecule has 16 heavy (non-hydrogen) atoms. The van der Waals surface area contributed by atoms with Crippen molar-refractivity contribution in [2.45, 2.75) is 43.4 Å². The van der Waals surface area contributed by atoms with E-state index in [-0.39, 0.29) is 5.82 Å². The molecule has 2 N–H and O–H groups in total. The fourth-order valence-electron chi connectivity index (χ4n) is 2.99. The van der Waals surface area contributed by atoms with Crippen LogP contribution in [-0.4, -0.2) is 22.2 Å². The second-order valence-electron chi connectivity index (χ2n) is 4.94. The molecule has 2 aliphatic heterocycles. The van der Waals surface area contributed by atoms with Gasteiger partial charge in [0.1, 0.15) is 11.4 Å². The number of rotatable bonds is 1. The summed E-state index contributed by atoms with van der Waals surface area (Å²) in [5.74, 6) is -0.329. The smallest absolute Gasteiger partial charge is 0.126 e. The molecule has 1 aromatic rings. The molecular formula is C12H15FN2O. The Balaban J connectivity index is 1.93. The molecule has 1 aromatic heterocycles. The lowest BCUT2D eigenvalue weighted by molar-refractivity contribution is -0.0155. The summed E-state index contributed by atoms with van der Waals surface area (Å²) in [6, 6.07) is 3.37. The van der Waals surface area contributed by atoms with Gasteiger partial charge in [0.2, 0.25) is 0 Å². The molecule has 2 atom stereocenters. The maximum absolute atomic E-state index is 13.1. The molecule has 4 heteroatoms. The van der Waals surface area contributed by atoms with Crippen molar-refractivity contribution < 1.29 is 9.50 Å². The largest absolute Gasteiger partial charge is 0.383 e. The number of aromatic nitrogens is 1. The van der Waals surface area contributed by atoms with E-state index >= 15 is 0 Å². The fourth-order valence-corrected chi connectivity index (χ4v) is 2.99. The molecule has 3 nitrogen and oxygen atoms in total. The normalized spacial score (nSPS) is 37.6. The van der Waals surface area contributed by atoms with Crippen LogP contribution in [-0.2, 0) is 5.60 Å². The quantitative estimate of drug-likeness (QED) is 0.753. The predicted molar refractivity (Wildman–Crippen MR) is 57.3 cm³/mol. The number of hydrogen-bond donors (Lipinski definition) is 2. The summed E-state index contributed by atoms with van der Waals surface area (Å²) < 4.78 is 13.1. The minimum atomic E-state index is -0.945. The Bertz CT molecular complexity index is 398. The predicted octanol–water partition coefficient (Wildman–Crippen LogP) is 1.32. The van der Waals surface area contributed by atoms with Gasteiger partial charge in [0, 0.05) is 18.3 Å². The van der Waals surface area contributed by atoms with Crippen molar-refractivity contribution >= 4 is 0 Å². The highest BCUT2D eigenvalue weighted by atomic mass is 19.1. The summed E-state index contributed by atoms with van der Waals surface area (Å²) in [5.41, 5.74) is -0.468. The van der Waals surface area contributed by atoms with Crippen molar-refractivity contribution in [1.82, 2.24) is 10.3 Å². The van der Waals surface area contributed by atoms with Crippen LogP contribution in [0, 0.1) is 5.82 Å². The Kier molecular flexibility index (Phi) is 2.23. The third-order valence-corrected chi connectivity index (χ3v) is 3.70. The molecule has 0 amide bonds. The standard InChI is InChI=1S/C12H15FN2O/c13-8-3-4-14-11(5-8)12(16)6-9-1-2-10(7-12)15-9/h3-5,9-10,15-16H,1-2,6-7H2. The first-order valence-corrected chi connectivity index (χ1v) is 5.76. The topological polar surface area (TPSA) is 45.2 Å². The molecule has 2 saturated heterocycles. The number of fused-ring (bicyclic) bond motifs is 2. The van der Waals surface area contributed by atoms with Crippen LogP contribution in [0.4, 0.5) is 4.39 Å². The van der Waals surface area contributed by atoms with E-state index in [4.69, 9.17) is 0 Å². The first kappa shape index (κ1) is 10.2. The molecular weight excluding hydrogens is 207 g/mol. The van der Waals surface area contributed by atoms with Gasteiger partial charge in [-0.2, -0.15) is 0 Å². The van der Waals surface area contributed by atoms with Gasteiger partial charge in [0.05, 0.1) is 5.69 Å². The number of nitrogens with one attached hydrogen (secondary N) is 1. The van der Waals surface area contributed by atoms with Gasteiger partial charge >= 0.3 is 0 Å². The summed E-state index contributed by atoms with van der Waals surface area (Å²) in [7, 11) is 0. The van der Waals surface area contributed by atoms with Gasteiger partial charge in [-0.15, -0.1) is 0 Å². The van der Waals surface area contributed by atoms with Crippen molar-refractivity contribution in [2.75, 3.05) is 0 Å². The van der Waals surface area contributed by atoms with Crippen LogP contribution in [0.2, 0.25) is 0 Å². The van der Waals surface area contributed by atoms with E-state index in [1.807, 2.05) is 0 Å². The summed E-state index contributed by atoms with van der Waals surface area (Å²) >= 11 is 0. The molecule has 3 heterocycles. The number of pyridine rings is 1. The third kappa shape index (κ3) is 1.62. The van der Waals surface area contributed by atoms with E-state index in [9.17, 15) is 9.50 Å². The third-order valence-electron chi connectivity index (χ3n) is 3.70. The lowest BCUT2D eigenvalue weighted by Crippen LogP contribution is -2.47. The van der Waals surface area contributed by atoms with Crippen LogP contribution in [0.5, 0.6) is 0 Å². The van der Waals surface area contributed by atoms with Gasteiger partial charge in [-0.3, -0.25) is 4.98 Å². The van der Waals surface area contributed by atoms with E-state index in [2.05, 4.69) is 10.3 Å². The van der Waals surface area contributed by atoms with Crippen molar-refractivity contribution in [3.8, 4) is 0 Å². The minimum Gasteiger partial charge on any atom is -0.383 e. The van der Waals surface area contributed by atoms with Crippen LogP contribution in [0.15, 0.2) is 18.3 Å². The van der Waals surface area contributed by atoms with E-state index in [0.717, 1.165) is 12.8 Å². The lowest BCUT2D eigenvalue weighted by Gasteiger charge is -2.36. The molecule has 2 bridgehead atoms. The van der Waals surface area contributed by atoms with Gasteiger partial charge < -0.3 is 10.4 Å². The fraction of sp³-hybridized carbons (Fsp3) is 0.583. The van der Waals surface area contributed by atoms with Crippen LogP contribution in [0.25, 0.3) is 0 Å². The Hall–Kier alpha value is -1.00. The molecule has 86 valence electrons. The summed E-state index contributed by atoms with van der Waals surface area (Å²) in [4.78, 5) is 4.11. The number of hydrogen-bond acceptors (Lipinski definition) is 3. The Morgan fingerprint density at radius 1 is 1.38 bits per heavy atom. The highest BCUT2D eigenvalue weighted by Crippen LogP contribution is 2.39. The SMILES string of the molecule is OC1(c2cc(F)ccn2)CC2CCC(C1)N2. The van der Waals surface area contributed by atoms with Crippen molar-refractivity contribution in [3.05, 3.63) is 29.8 Å². The first-order chi connectivity index (χ1) is 7.66. The zero-order valence-electron chi connectivity index (χ0n) is 8.99. The maximum atomic E-state index is 13.1. The monoisotopic (exact) mass is 222 g/mol. The molecule has 0 spiro atoms. The summed E-state index contributed by atoms with van der Waals surface area (Å²) in [6.45, 7) is 0. The summed E-state index contributed by atoms with van der Waals surface area (Å²) in [6.07, 6.45) is 4.90. The van der Waals surface area contributed by atoms with Gasteiger partial charge in [-0.1, -0.05) is 0 Å². The minimum absolute atomic E-state index is 0.329. The Morgan fingerprint density at radius 2 is 2.06 bits per heavy atom. The molecule has 2 unspecified atom stereocenters. The molecule has 0 saturated carbocycles. The van der Waals surface area contributed by atoms with Gasteiger partial charge in [-0.05, 0) is 37.8 Å². The van der Waals surface area contributed by atoms with Gasteiger partial charge in [0.15, 0.2) is 0 Å². The van der Waals surface area contributed by atoms with Gasteiger partial charge in [-0.25, -0.2) is 4.39 Å². The van der Waals surface area contributed by atoms with Crippen LogP contribution < -0.4 is 5.32 Å². The Labute approximate surface area is 93.7 Å². The average molecular weight is 222 g/mol. The van der Waals surface area contributed by atoms with Crippen molar-refractivity contribution in [3.63, 3.8) is 0 Å². The first-order valence-electron chi connectivity index (χ1n) is 5.76. The number of nitrogens with zero attached hydrogens (tertiary/aromatic N) is 1. The van der Waals surface area contributed by atoms with E-state index < -0.39 is 5.60 Å². The average Bonchev–Trinajstić information content (AvgIpc) is 2.59. The molecule has 0 aromatic carbocycles. The van der Waals surface area contributed by atoms with Gasteiger partial charge in [0.25, 0.3) is 0 Å². The van der Waals surface area contributed by atoms with E-state index in [1.165, 1.54) is 18.3 Å². The second-order valence-corrected chi connectivity index (χ2v) is 4.94. The number of piperidine rings is 1. The molecule has 0 radical (unpaired) electrons. The highest BCUT2D eigenvalue weighted by Gasteiger charge is 2.44. The molecule has 2 aliphatic rings.